The van der Waals surface area contributed by atoms with E-state index in [1.165, 1.54) is 18.5 Å². The summed E-state index contributed by atoms with van der Waals surface area (Å²) >= 11 is 0. The molecule has 1 aliphatic rings. The third-order valence-electron chi connectivity index (χ3n) is 2.93. The molecule has 0 bridgehead atoms. The van der Waals surface area contributed by atoms with E-state index in [1.807, 2.05) is 12.1 Å². The number of para-hydroxylation sites is 1. The predicted octanol–water partition coefficient (Wildman–Crippen LogP) is 2.75. The highest BCUT2D eigenvalue weighted by Gasteiger charge is 2.27. The first kappa shape index (κ1) is 11.2. The fourth-order valence-electron chi connectivity index (χ4n) is 1.93. The molecular weight excluding hydrogens is 196 g/mol. The first-order valence-electron chi connectivity index (χ1n) is 6.04. The molecule has 0 heterocycles. The lowest BCUT2D eigenvalue weighted by Crippen LogP contribution is -2.31. The van der Waals surface area contributed by atoms with Crippen molar-refractivity contribution in [3.8, 4) is 0 Å². The molecule has 1 aromatic rings. The van der Waals surface area contributed by atoms with Crippen LogP contribution in [0.2, 0.25) is 0 Å². The second kappa shape index (κ2) is 5.71. The van der Waals surface area contributed by atoms with Crippen molar-refractivity contribution in [2.45, 2.75) is 18.9 Å². The third kappa shape index (κ3) is 3.38. The molecule has 0 atom stereocenters. The minimum Gasteiger partial charge on any atom is -0.384 e. The van der Waals surface area contributed by atoms with E-state index < -0.39 is 0 Å². The highest BCUT2D eigenvalue weighted by molar-refractivity contribution is 5.42. The lowest BCUT2D eigenvalue weighted by atomic mass is 10.3. The van der Waals surface area contributed by atoms with Crippen LogP contribution in [0.1, 0.15) is 12.8 Å². The first-order chi connectivity index (χ1) is 7.90. The lowest BCUT2D eigenvalue weighted by molar-refractivity contribution is 0.304. The van der Waals surface area contributed by atoms with Crippen LogP contribution in [0.25, 0.3) is 0 Å². The maximum atomic E-state index is 3.81. The molecule has 0 spiro atoms. The van der Waals surface area contributed by atoms with E-state index >= 15 is 0 Å². The van der Waals surface area contributed by atoms with Gasteiger partial charge in [0.15, 0.2) is 0 Å². The Hall–Kier alpha value is -1.28. The van der Waals surface area contributed by atoms with Gasteiger partial charge in [-0.15, -0.1) is 6.58 Å². The summed E-state index contributed by atoms with van der Waals surface area (Å²) in [7, 11) is 0. The van der Waals surface area contributed by atoms with Gasteiger partial charge in [-0.1, -0.05) is 24.3 Å². The summed E-state index contributed by atoms with van der Waals surface area (Å²) in [4.78, 5) is 2.50. The molecule has 16 heavy (non-hydrogen) atoms. The van der Waals surface area contributed by atoms with Gasteiger partial charge >= 0.3 is 0 Å². The zero-order valence-electron chi connectivity index (χ0n) is 9.73. The number of nitrogens with zero attached hydrogens (tertiary/aromatic N) is 1. The van der Waals surface area contributed by atoms with Gasteiger partial charge in [0.05, 0.1) is 0 Å². The second-order valence-corrected chi connectivity index (χ2v) is 4.31. The molecule has 0 radical (unpaired) electrons. The molecule has 1 saturated carbocycles. The molecule has 0 amide bonds. The van der Waals surface area contributed by atoms with E-state index in [2.05, 4.69) is 41.1 Å². The number of nitrogens with one attached hydrogen (secondary N) is 1. The van der Waals surface area contributed by atoms with Crippen LogP contribution in [0.15, 0.2) is 43.0 Å². The van der Waals surface area contributed by atoms with Crippen LogP contribution >= 0.6 is 0 Å². The van der Waals surface area contributed by atoms with Crippen molar-refractivity contribution >= 4 is 5.69 Å². The largest absolute Gasteiger partial charge is 0.384 e. The van der Waals surface area contributed by atoms with E-state index in [9.17, 15) is 0 Å². The van der Waals surface area contributed by atoms with E-state index in [0.717, 1.165) is 25.7 Å². The van der Waals surface area contributed by atoms with Crippen LogP contribution in [0, 0.1) is 0 Å². The van der Waals surface area contributed by atoms with E-state index in [1.54, 1.807) is 0 Å². The van der Waals surface area contributed by atoms with Crippen LogP contribution in [-0.4, -0.2) is 30.6 Å². The number of anilines is 1. The summed E-state index contributed by atoms with van der Waals surface area (Å²) in [6.45, 7) is 6.94. The molecular formula is C14H20N2. The second-order valence-electron chi connectivity index (χ2n) is 4.31. The standard InChI is InChI=1S/C14H20N2/c1-2-11-16(14-8-9-14)12-10-15-13-6-4-3-5-7-13/h2-7,14-15H,1,8-12H2. The Bertz CT molecular complexity index is 317. The van der Waals surface area contributed by atoms with Crippen LogP contribution in [0.4, 0.5) is 5.69 Å². The van der Waals surface area contributed by atoms with Crippen LogP contribution in [-0.2, 0) is 0 Å². The third-order valence-corrected chi connectivity index (χ3v) is 2.93. The maximum absolute atomic E-state index is 3.81. The van der Waals surface area contributed by atoms with Crippen molar-refractivity contribution in [2.75, 3.05) is 25.0 Å². The van der Waals surface area contributed by atoms with Crippen molar-refractivity contribution in [3.63, 3.8) is 0 Å². The summed E-state index contributed by atoms with van der Waals surface area (Å²) in [6, 6.07) is 11.2. The zero-order valence-corrected chi connectivity index (χ0v) is 9.73. The van der Waals surface area contributed by atoms with Crippen LogP contribution in [0.3, 0.4) is 0 Å². The average molecular weight is 216 g/mol. The normalized spacial score (nSPS) is 15.1. The predicted molar refractivity (Wildman–Crippen MR) is 69.7 cm³/mol. The summed E-state index contributed by atoms with van der Waals surface area (Å²) in [5, 5.41) is 3.44. The highest BCUT2D eigenvalue weighted by atomic mass is 15.2. The zero-order chi connectivity index (χ0) is 11.2. The van der Waals surface area contributed by atoms with Gasteiger partial charge in [0, 0.05) is 31.4 Å². The van der Waals surface area contributed by atoms with Crippen molar-refractivity contribution < 1.29 is 0 Å². The molecule has 0 aliphatic heterocycles. The van der Waals surface area contributed by atoms with Gasteiger partial charge in [-0.25, -0.2) is 0 Å². The molecule has 1 aliphatic carbocycles. The number of hydrogen-bond acceptors (Lipinski definition) is 2. The number of hydrogen-bond donors (Lipinski definition) is 1. The average Bonchev–Trinajstić information content (AvgIpc) is 3.13. The van der Waals surface area contributed by atoms with Gasteiger partial charge in [-0.2, -0.15) is 0 Å². The van der Waals surface area contributed by atoms with Crippen LogP contribution < -0.4 is 5.32 Å². The summed E-state index contributed by atoms with van der Waals surface area (Å²) in [6.07, 6.45) is 4.72. The van der Waals surface area contributed by atoms with Crippen LogP contribution in [0.5, 0.6) is 0 Å². The molecule has 1 aromatic carbocycles. The quantitative estimate of drug-likeness (QED) is 0.705. The SMILES string of the molecule is C=CCN(CCNc1ccccc1)C1CC1. The van der Waals surface area contributed by atoms with Gasteiger partial charge in [0.1, 0.15) is 0 Å². The Kier molecular flexibility index (Phi) is 4.00. The van der Waals surface area contributed by atoms with Gasteiger partial charge in [-0.3, -0.25) is 4.90 Å². The molecule has 0 saturated heterocycles. The van der Waals surface area contributed by atoms with E-state index in [0.29, 0.717) is 0 Å². The Morgan fingerprint density at radius 2 is 2.06 bits per heavy atom. The molecule has 0 aromatic heterocycles. The lowest BCUT2D eigenvalue weighted by Gasteiger charge is -2.20. The fraction of sp³-hybridized carbons (Fsp3) is 0.429. The van der Waals surface area contributed by atoms with E-state index in [4.69, 9.17) is 0 Å². The monoisotopic (exact) mass is 216 g/mol. The Balaban J connectivity index is 1.71. The molecule has 86 valence electrons. The van der Waals surface area contributed by atoms with Crippen molar-refractivity contribution in [3.05, 3.63) is 43.0 Å². The summed E-state index contributed by atoms with van der Waals surface area (Å²) in [5.41, 5.74) is 1.21. The van der Waals surface area contributed by atoms with Crippen molar-refractivity contribution in [1.82, 2.24) is 4.90 Å². The molecule has 2 heteroatoms. The first-order valence-corrected chi connectivity index (χ1v) is 6.04. The summed E-state index contributed by atoms with van der Waals surface area (Å²) < 4.78 is 0. The van der Waals surface area contributed by atoms with Crippen molar-refractivity contribution in [2.24, 2.45) is 0 Å². The number of rotatable bonds is 7. The molecule has 2 rings (SSSR count). The minimum atomic E-state index is 0.815. The minimum absolute atomic E-state index is 0.815. The van der Waals surface area contributed by atoms with Gasteiger partial charge in [-0.05, 0) is 25.0 Å². The maximum Gasteiger partial charge on any atom is 0.0340 e. The smallest absolute Gasteiger partial charge is 0.0340 e. The number of benzene rings is 1. The van der Waals surface area contributed by atoms with Gasteiger partial charge in [0.2, 0.25) is 0 Å². The molecule has 1 N–H and O–H groups in total. The van der Waals surface area contributed by atoms with Gasteiger partial charge < -0.3 is 5.32 Å². The van der Waals surface area contributed by atoms with Gasteiger partial charge in [0.25, 0.3) is 0 Å². The topological polar surface area (TPSA) is 15.3 Å². The Morgan fingerprint density at radius 1 is 1.31 bits per heavy atom. The molecule has 1 fully saturated rings. The molecule has 0 unspecified atom stereocenters. The Morgan fingerprint density at radius 3 is 2.69 bits per heavy atom. The highest BCUT2D eigenvalue weighted by Crippen LogP contribution is 2.26. The Labute approximate surface area is 98.0 Å². The fourth-order valence-corrected chi connectivity index (χ4v) is 1.93. The van der Waals surface area contributed by atoms with E-state index in [-0.39, 0.29) is 0 Å². The summed E-state index contributed by atoms with van der Waals surface area (Å²) in [5.74, 6) is 0. The van der Waals surface area contributed by atoms with Crippen molar-refractivity contribution in [1.29, 1.82) is 0 Å². The molecule has 2 nitrogen and oxygen atoms in total.